The van der Waals surface area contributed by atoms with Crippen LogP contribution in [0.4, 0.5) is 0 Å². The van der Waals surface area contributed by atoms with Crippen LogP contribution in [0, 0.1) is 5.41 Å². The molecule has 0 saturated carbocycles. The van der Waals surface area contributed by atoms with Crippen molar-refractivity contribution >= 4 is 17.6 Å². The van der Waals surface area contributed by atoms with Crippen LogP contribution < -0.4 is 11.3 Å². The molecular weight excluding hydrogens is 248 g/mol. The maximum Gasteiger partial charge on any atom is 0.251 e. The quantitative estimate of drug-likeness (QED) is 0.305. The van der Waals surface area contributed by atoms with Gasteiger partial charge in [-0.1, -0.05) is 32.0 Å². The van der Waals surface area contributed by atoms with Crippen molar-refractivity contribution in [2.24, 2.45) is 5.73 Å². The zero-order chi connectivity index (χ0) is 13.5. The van der Waals surface area contributed by atoms with E-state index in [2.05, 4.69) is 16.9 Å². The van der Waals surface area contributed by atoms with E-state index >= 15 is 0 Å². The monoisotopic (exact) mass is 268 g/mol. The van der Waals surface area contributed by atoms with E-state index in [4.69, 9.17) is 11.1 Å². The summed E-state index contributed by atoms with van der Waals surface area (Å²) in [4.78, 5) is 18.6. The lowest BCUT2D eigenvalue weighted by Crippen LogP contribution is -2.18. The highest BCUT2D eigenvalue weighted by molar-refractivity contribution is 7.99. The van der Waals surface area contributed by atoms with Crippen molar-refractivity contribution in [1.29, 1.82) is 5.41 Å². The molecule has 4 N–H and O–H groups in total. The van der Waals surface area contributed by atoms with Crippen LogP contribution in [0.25, 0.3) is 0 Å². The Hall–Kier alpha value is -1.30. The number of H-pyrrole nitrogens is 1. The van der Waals surface area contributed by atoms with Crippen molar-refractivity contribution in [3.8, 4) is 0 Å². The summed E-state index contributed by atoms with van der Waals surface area (Å²) in [5.74, 6) is 0.168. The molecule has 18 heavy (non-hydrogen) atoms. The number of amidine groups is 1. The first-order valence-electron chi connectivity index (χ1n) is 6.15. The molecule has 1 aromatic heterocycles. The van der Waals surface area contributed by atoms with Crippen LogP contribution in [0.5, 0.6) is 0 Å². The van der Waals surface area contributed by atoms with Crippen LogP contribution in [0.3, 0.4) is 0 Å². The number of hydrogen-bond donors (Lipinski definition) is 3. The molecule has 100 valence electrons. The van der Waals surface area contributed by atoms with Gasteiger partial charge in [-0.3, -0.25) is 10.2 Å². The molecule has 0 aromatic carbocycles. The van der Waals surface area contributed by atoms with Gasteiger partial charge in [0.05, 0.1) is 5.84 Å². The van der Waals surface area contributed by atoms with E-state index in [1.54, 1.807) is 6.07 Å². The minimum atomic E-state index is -0.117. The Morgan fingerprint density at radius 3 is 2.89 bits per heavy atom. The summed E-state index contributed by atoms with van der Waals surface area (Å²) >= 11 is 1.48. The number of nitrogens with one attached hydrogen (secondary N) is 2. The van der Waals surface area contributed by atoms with E-state index in [0.717, 1.165) is 25.0 Å². The molecule has 0 aliphatic rings. The number of hydrogen-bond acceptors (Lipinski definition) is 4. The predicted molar refractivity (Wildman–Crippen MR) is 75.3 cm³/mol. The predicted octanol–water partition coefficient (Wildman–Crippen LogP) is 1.92. The molecule has 1 aromatic rings. The molecule has 0 amide bonds. The molecule has 1 rings (SSSR count). The molecule has 1 unspecified atom stereocenters. The number of aryl methyl sites for hydroxylation is 1. The van der Waals surface area contributed by atoms with Crippen molar-refractivity contribution in [1.82, 2.24) is 9.97 Å². The molecule has 6 heteroatoms. The van der Waals surface area contributed by atoms with Crippen molar-refractivity contribution in [3.05, 3.63) is 22.1 Å². The van der Waals surface area contributed by atoms with Crippen LogP contribution in [-0.2, 0) is 6.42 Å². The van der Waals surface area contributed by atoms with Crippen LogP contribution >= 0.6 is 11.8 Å². The molecule has 0 aliphatic heterocycles. The molecule has 0 fully saturated rings. The lowest BCUT2D eigenvalue weighted by molar-refractivity contribution is 0.800. The largest absolute Gasteiger partial charge is 0.388 e. The fourth-order valence-electron chi connectivity index (χ4n) is 1.60. The first-order valence-corrected chi connectivity index (χ1v) is 7.02. The van der Waals surface area contributed by atoms with E-state index in [0.29, 0.717) is 11.6 Å². The van der Waals surface area contributed by atoms with Gasteiger partial charge in [-0.05, 0) is 12.8 Å². The second kappa shape index (κ2) is 7.20. The number of aromatic nitrogens is 2. The Bertz CT molecular complexity index is 458. The normalized spacial score (nSPS) is 12.3. The number of aromatic amines is 1. The molecule has 1 heterocycles. The fraction of sp³-hybridized carbons (Fsp3) is 0.583. The van der Waals surface area contributed by atoms with E-state index < -0.39 is 0 Å². The highest BCUT2D eigenvalue weighted by Gasteiger charge is 2.12. The SMILES string of the molecule is CCCc1cc(=O)[nH]c(SC(CC)CC(=N)N)n1. The Kier molecular flexibility index (Phi) is 5.91. The second-order valence-corrected chi connectivity index (χ2v) is 5.46. The first kappa shape index (κ1) is 14.8. The lowest BCUT2D eigenvalue weighted by atomic mass is 10.2. The summed E-state index contributed by atoms with van der Waals surface area (Å²) in [6.07, 6.45) is 3.17. The number of rotatable bonds is 7. The molecular formula is C12H20N4OS. The molecule has 0 spiro atoms. The third-order valence-corrected chi connectivity index (χ3v) is 3.71. The molecule has 0 radical (unpaired) electrons. The topological polar surface area (TPSA) is 95.6 Å². The van der Waals surface area contributed by atoms with Gasteiger partial charge >= 0.3 is 0 Å². The second-order valence-electron chi connectivity index (χ2n) is 4.17. The van der Waals surface area contributed by atoms with Gasteiger partial charge in [0.25, 0.3) is 5.56 Å². The van der Waals surface area contributed by atoms with Gasteiger partial charge < -0.3 is 10.7 Å². The smallest absolute Gasteiger partial charge is 0.251 e. The Morgan fingerprint density at radius 2 is 2.33 bits per heavy atom. The average Bonchev–Trinajstić information content (AvgIpc) is 2.27. The maximum absolute atomic E-state index is 11.5. The average molecular weight is 268 g/mol. The van der Waals surface area contributed by atoms with Gasteiger partial charge in [0.1, 0.15) is 0 Å². The number of nitrogens with zero attached hydrogens (tertiary/aromatic N) is 1. The number of nitrogens with two attached hydrogens (primary N) is 1. The van der Waals surface area contributed by atoms with E-state index in [1.807, 2.05) is 6.92 Å². The molecule has 0 saturated heterocycles. The third-order valence-electron chi connectivity index (χ3n) is 2.46. The van der Waals surface area contributed by atoms with Crippen LogP contribution in [0.15, 0.2) is 16.0 Å². The Balaban J connectivity index is 2.81. The Morgan fingerprint density at radius 1 is 1.61 bits per heavy atom. The number of thioether (sulfide) groups is 1. The van der Waals surface area contributed by atoms with Crippen molar-refractivity contribution in [2.45, 2.75) is 49.9 Å². The summed E-state index contributed by atoms with van der Waals surface area (Å²) in [6, 6.07) is 1.54. The summed E-state index contributed by atoms with van der Waals surface area (Å²) < 4.78 is 0. The highest BCUT2D eigenvalue weighted by atomic mass is 32.2. The minimum Gasteiger partial charge on any atom is -0.388 e. The van der Waals surface area contributed by atoms with Crippen molar-refractivity contribution in [3.63, 3.8) is 0 Å². The van der Waals surface area contributed by atoms with Gasteiger partial charge in [0, 0.05) is 23.4 Å². The third kappa shape index (κ3) is 4.91. The summed E-state index contributed by atoms with van der Waals surface area (Å²) in [5.41, 5.74) is 6.11. The van der Waals surface area contributed by atoms with E-state index in [1.165, 1.54) is 11.8 Å². The maximum atomic E-state index is 11.5. The zero-order valence-electron chi connectivity index (χ0n) is 10.8. The zero-order valence-corrected chi connectivity index (χ0v) is 11.6. The van der Waals surface area contributed by atoms with Crippen molar-refractivity contribution in [2.75, 3.05) is 0 Å². The fourth-order valence-corrected chi connectivity index (χ4v) is 2.67. The van der Waals surface area contributed by atoms with Gasteiger partial charge in [-0.15, -0.1) is 0 Å². The van der Waals surface area contributed by atoms with Gasteiger partial charge in [0.15, 0.2) is 5.16 Å². The van der Waals surface area contributed by atoms with E-state index in [9.17, 15) is 4.79 Å². The van der Waals surface area contributed by atoms with Crippen molar-refractivity contribution < 1.29 is 0 Å². The molecule has 5 nitrogen and oxygen atoms in total. The standard InChI is InChI=1S/C12H20N4OS/c1-3-5-8-6-11(17)16-12(15-8)18-9(4-2)7-10(13)14/h6,9H,3-5,7H2,1-2H3,(H3,13,14)(H,15,16,17). The van der Waals surface area contributed by atoms with Crippen LogP contribution in [-0.4, -0.2) is 21.1 Å². The molecule has 0 bridgehead atoms. The highest BCUT2D eigenvalue weighted by Crippen LogP contribution is 2.23. The summed E-state index contributed by atoms with van der Waals surface area (Å²) in [5, 5.41) is 8.12. The van der Waals surface area contributed by atoms with Crippen LogP contribution in [0.2, 0.25) is 0 Å². The van der Waals surface area contributed by atoms with E-state index in [-0.39, 0.29) is 16.6 Å². The summed E-state index contributed by atoms with van der Waals surface area (Å²) in [6.45, 7) is 4.09. The Labute approximate surface area is 111 Å². The summed E-state index contributed by atoms with van der Waals surface area (Å²) in [7, 11) is 0. The van der Waals surface area contributed by atoms with Gasteiger partial charge in [0.2, 0.25) is 0 Å². The first-order chi connectivity index (χ1) is 8.55. The lowest BCUT2D eigenvalue weighted by Gasteiger charge is -2.12. The molecule has 0 aliphatic carbocycles. The molecule has 1 atom stereocenters. The van der Waals surface area contributed by atoms with Gasteiger partial charge in [-0.25, -0.2) is 4.98 Å². The van der Waals surface area contributed by atoms with Crippen LogP contribution in [0.1, 0.15) is 38.8 Å². The van der Waals surface area contributed by atoms with Gasteiger partial charge in [-0.2, -0.15) is 0 Å². The minimum absolute atomic E-state index is 0.117.